The molecule has 16 amide bonds. The average molecular weight is 1790 g/mol. The zero-order valence-corrected chi connectivity index (χ0v) is 71.1. The SMILES string of the molecule is C[C@H](NC(=O)[C@@H](N)Cc1ccc(O)cc1)C(=O)NC(=O)N[C@H]1CSSC[C@@H](C(=O)O)NC(=O)[C@H](CO)NC(=O)[C@H]([C@@H](C)O)NC(=O)[C@H](Cc2ccccc2)NC(=O)[C@H]([C@@H](C)O)NC(=O)[C@H](CCCCN)NC(=O)[C@H](Cc2c[nH]c3ccccc23)NC(=O)[C@H](Cc2ccccc2)NC(=O)[C@H](Cc2ccccc2)NC(=O)[C@H](CC(N)=O)NC(=O)[C@H](CCCCN)NC1=O. The van der Waals surface area contributed by atoms with E-state index >= 15 is 14.4 Å². The molecule has 1 fully saturated rings. The Labute approximate surface area is 733 Å². The molecular weight excluding hydrogens is 1680 g/mol. The van der Waals surface area contributed by atoms with Gasteiger partial charge in [0, 0.05) is 54.3 Å². The van der Waals surface area contributed by atoms with Crippen LogP contribution in [0.15, 0.2) is 146 Å². The number of aromatic hydroxyl groups is 1. The van der Waals surface area contributed by atoms with Crippen LogP contribution in [0.2, 0.25) is 0 Å². The quantitative estimate of drug-likeness (QED) is 0.0165. The van der Waals surface area contributed by atoms with Gasteiger partial charge in [0.15, 0.2) is 0 Å². The van der Waals surface area contributed by atoms with Crippen molar-refractivity contribution >= 4 is 127 Å². The highest BCUT2D eigenvalue weighted by Gasteiger charge is 2.40. The maximum absolute atomic E-state index is 15.5. The van der Waals surface area contributed by atoms with Gasteiger partial charge in [-0.15, -0.1) is 0 Å². The van der Waals surface area contributed by atoms with Crippen LogP contribution in [-0.2, 0) is 104 Å². The Kier molecular flexibility index (Phi) is 40.7. The van der Waals surface area contributed by atoms with Crippen LogP contribution in [0.1, 0.15) is 93.5 Å². The van der Waals surface area contributed by atoms with Gasteiger partial charge >= 0.3 is 12.0 Å². The second-order valence-corrected chi connectivity index (χ2v) is 32.7. The molecule has 42 heteroatoms. The number of hydrogen-bond acceptors (Lipinski definition) is 25. The van der Waals surface area contributed by atoms with Crippen molar-refractivity contribution in [2.24, 2.45) is 22.9 Å². The van der Waals surface area contributed by atoms with Crippen molar-refractivity contribution in [3.8, 4) is 5.75 Å². The van der Waals surface area contributed by atoms with Gasteiger partial charge in [0.25, 0.3) is 0 Å². The number of phenolic OH excluding ortho intramolecular Hbond substituents is 1. The molecular formula is C84H111N19O21S2. The molecule has 1 saturated heterocycles. The number of phenols is 1. The van der Waals surface area contributed by atoms with Gasteiger partial charge in [-0.2, -0.15) is 0 Å². The largest absolute Gasteiger partial charge is 0.508 e. The van der Waals surface area contributed by atoms with E-state index in [1.54, 1.807) is 121 Å². The number of urea groups is 1. The minimum Gasteiger partial charge on any atom is -0.508 e. The lowest BCUT2D eigenvalue weighted by atomic mass is 10.00. The molecule has 0 saturated carbocycles. The number of para-hydroxylation sites is 1. The lowest BCUT2D eigenvalue weighted by Gasteiger charge is -2.29. The Hall–Kier alpha value is -12.6. The first-order valence-corrected chi connectivity index (χ1v) is 43.2. The number of carboxylic acids is 1. The van der Waals surface area contributed by atoms with Crippen LogP contribution < -0.4 is 97.4 Å². The lowest BCUT2D eigenvalue weighted by Crippen LogP contribution is -2.63. The van der Waals surface area contributed by atoms with Gasteiger partial charge in [-0.05, 0) is 125 Å². The molecule has 0 unspecified atom stereocenters. The van der Waals surface area contributed by atoms with E-state index in [1.807, 2.05) is 5.32 Å². The summed E-state index contributed by atoms with van der Waals surface area (Å²) in [6.07, 6.45) is -3.95. The van der Waals surface area contributed by atoms with Gasteiger partial charge < -0.3 is 123 Å². The van der Waals surface area contributed by atoms with Gasteiger partial charge in [0.05, 0.1) is 31.3 Å². The summed E-state index contributed by atoms with van der Waals surface area (Å²) >= 11 is 0. The predicted molar refractivity (Wildman–Crippen MR) is 464 cm³/mol. The van der Waals surface area contributed by atoms with Gasteiger partial charge in [0.1, 0.15) is 84.3 Å². The number of aliphatic carboxylic acids is 1. The Morgan fingerprint density at radius 2 is 0.865 bits per heavy atom. The number of aliphatic hydroxyl groups excluding tert-OH is 3. The van der Waals surface area contributed by atoms with Crippen molar-refractivity contribution in [1.82, 2.24) is 79.4 Å². The van der Waals surface area contributed by atoms with Crippen molar-refractivity contribution in [2.45, 2.75) is 195 Å². The molecule has 680 valence electrons. The van der Waals surface area contributed by atoms with Crippen LogP contribution in [0.25, 0.3) is 10.9 Å². The molecule has 0 bridgehead atoms. The molecule has 0 spiro atoms. The predicted octanol–water partition coefficient (Wildman–Crippen LogP) is -3.89. The van der Waals surface area contributed by atoms with Crippen LogP contribution in [0, 0.1) is 0 Å². The second-order valence-electron chi connectivity index (χ2n) is 30.2. The number of nitrogens with one attached hydrogen (secondary N) is 15. The molecule has 16 atom stereocenters. The fraction of sp³-hybridized carbons (Fsp3) is 0.429. The van der Waals surface area contributed by atoms with Crippen LogP contribution in [0.5, 0.6) is 5.75 Å². The van der Waals surface area contributed by atoms with E-state index in [1.165, 1.54) is 31.2 Å². The summed E-state index contributed by atoms with van der Waals surface area (Å²) < 4.78 is 0. The third-order valence-electron chi connectivity index (χ3n) is 20.1. The zero-order valence-electron chi connectivity index (χ0n) is 69.5. The number of nitrogens with two attached hydrogens (primary N) is 4. The third kappa shape index (κ3) is 32.5. The number of imide groups is 1. The number of rotatable bonds is 28. The first-order valence-electron chi connectivity index (χ1n) is 40.7. The number of aromatic amines is 1. The first kappa shape index (κ1) is 101. The molecule has 0 radical (unpaired) electrons. The number of H-pyrrole nitrogens is 1. The average Bonchev–Trinajstić information content (AvgIpc) is 1.50. The van der Waals surface area contributed by atoms with Gasteiger partial charge in [-0.3, -0.25) is 72.4 Å². The molecule has 126 heavy (non-hydrogen) atoms. The van der Waals surface area contributed by atoms with E-state index < -0.39 is 216 Å². The number of amides is 16. The number of carboxylic acid groups (broad SMARTS) is 1. The maximum Gasteiger partial charge on any atom is 0.327 e. The number of carbonyl (C=O) groups is 16. The summed E-state index contributed by atoms with van der Waals surface area (Å²) in [5, 5.41) is 87.9. The number of carbonyl (C=O) groups excluding carboxylic acids is 15. The Morgan fingerprint density at radius 3 is 1.34 bits per heavy atom. The highest BCUT2D eigenvalue weighted by Crippen LogP contribution is 2.25. The van der Waals surface area contributed by atoms with Crippen molar-refractivity contribution in [3.05, 3.63) is 174 Å². The Morgan fingerprint density at radius 1 is 0.460 bits per heavy atom. The minimum atomic E-state index is -2.02. The van der Waals surface area contributed by atoms with Crippen molar-refractivity contribution in [1.29, 1.82) is 0 Å². The van der Waals surface area contributed by atoms with Crippen LogP contribution in [0.4, 0.5) is 4.79 Å². The normalized spacial score (nSPS) is 22.9. The smallest absolute Gasteiger partial charge is 0.327 e. The molecule has 1 aliphatic rings. The lowest BCUT2D eigenvalue weighted by molar-refractivity contribution is -0.142. The summed E-state index contributed by atoms with van der Waals surface area (Å²) in [7, 11) is 1.34. The monoisotopic (exact) mass is 1790 g/mol. The molecule has 6 aromatic rings. The van der Waals surface area contributed by atoms with Crippen molar-refractivity contribution in [3.63, 3.8) is 0 Å². The number of unbranched alkanes of at least 4 members (excludes halogenated alkanes) is 2. The number of primary amides is 1. The number of benzene rings is 5. The second kappa shape index (κ2) is 51.0. The first-order chi connectivity index (χ1) is 60.1. The molecule has 2 heterocycles. The summed E-state index contributed by atoms with van der Waals surface area (Å²) in [5.74, 6) is -18.7. The van der Waals surface area contributed by atoms with Crippen LogP contribution in [0.3, 0.4) is 0 Å². The van der Waals surface area contributed by atoms with Crippen LogP contribution in [-0.4, -0.2) is 253 Å². The van der Waals surface area contributed by atoms with Crippen LogP contribution >= 0.6 is 21.6 Å². The number of hydrogen-bond donors (Lipinski definition) is 24. The van der Waals surface area contributed by atoms with Gasteiger partial charge in [0.2, 0.25) is 82.7 Å². The highest BCUT2D eigenvalue weighted by atomic mass is 33.1. The van der Waals surface area contributed by atoms with E-state index in [2.05, 4.69) is 74.1 Å². The topological polar surface area (TPSA) is 663 Å². The molecule has 1 aliphatic heterocycles. The molecule has 28 N–H and O–H groups in total. The standard InChI is InChI=1S/C84H111N19O21S2/c1-45(90-71(110)55(87)35-51-29-31-53(107)32-30-51)70(109)103-84(124)100-65-43-125-126-44-66(83(122)123)99-79(118)64(42-104)98-82(121)69(47(3)106)102-78(117)61(38-50-23-11-6-12-24-50)97-81(120)68(46(2)105)101-73(112)58(28-16-18-34-86)91-76(115)62(39-52-41-89-56-26-14-13-25-54(52)56)95-75(114)60(37-49-21-9-5-10-22-49)93-74(113)59(36-48-19-7-4-8-20-48)94-77(116)63(40-67(88)108)96-72(111)57(92-80(65)119)27-15-17-33-85/h4-14,19-26,29-32,41,45-47,55,57-66,68-69,89,104-107H,15-18,27-28,33-40,42-44,85-87H2,1-3H3,(H2,88,108)(H,90,110)(H,91,115)(H,92,119)(H,93,113)(H,94,116)(H,95,114)(H,96,111)(H,97,120)(H,98,121)(H,99,118)(H,101,112)(H,102,117)(H,122,123)(H2,100,103,109,124)/t45-,46+,47+,55-,57-,58-,59-,60-,61-,62-,63-,64-,65-,66-,68-,69-/m0/s1. The van der Waals surface area contributed by atoms with Crippen molar-refractivity contribution < 1.29 is 102 Å². The number of aromatic nitrogens is 1. The van der Waals surface area contributed by atoms with E-state index in [0.29, 0.717) is 66.7 Å². The van der Waals surface area contributed by atoms with Gasteiger partial charge in [-0.25, -0.2) is 9.59 Å². The molecule has 1 aromatic heterocycles. The molecule has 5 aromatic carbocycles. The van der Waals surface area contributed by atoms with E-state index in [0.717, 1.165) is 13.8 Å². The third-order valence-corrected chi connectivity index (χ3v) is 22.5. The highest BCUT2D eigenvalue weighted by molar-refractivity contribution is 8.76. The molecule has 7 rings (SSSR count). The minimum absolute atomic E-state index is 0.0430. The summed E-state index contributed by atoms with van der Waals surface area (Å²) in [5.41, 5.74) is 26.6. The summed E-state index contributed by atoms with van der Waals surface area (Å²) in [6.45, 7) is 2.35. The molecule has 0 aliphatic carbocycles. The fourth-order valence-electron chi connectivity index (χ4n) is 13.2. The summed E-state index contributed by atoms with van der Waals surface area (Å²) in [6, 6.07) is 11.5. The van der Waals surface area contributed by atoms with Gasteiger partial charge in [-0.1, -0.05) is 143 Å². The van der Waals surface area contributed by atoms with E-state index in [9.17, 15) is 87.9 Å². The number of aliphatic hydroxyl groups is 3. The maximum atomic E-state index is 15.5. The Balaban J connectivity index is 1.30. The van der Waals surface area contributed by atoms with Crippen molar-refractivity contribution in [2.75, 3.05) is 31.2 Å². The van der Waals surface area contributed by atoms with E-state index in [-0.39, 0.29) is 83.0 Å². The fourth-order valence-corrected chi connectivity index (χ4v) is 15.5. The summed E-state index contributed by atoms with van der Waals surface area (Å²) in [4.78, 5) is 233. The number of fused-ring (bicyclic) bond motifs is 1. The Bertz CT molecular complexity index is 4710. The van der Waals surface area contributed by atoms with E-state index in [4.69, 9.17) is 22.9 Å². The molecule has 40 nitrogen and oxygen atoms in total. The zero-order chi connectivity index (χ0) is 92.1.